The molecule has 2 aromatic rings. The number of hydrogen-bond donors (Lipinski definition) is 3. The Hall–Kier alpha value is -2.58. The Labute approximate surface area is 140 Å². The van der Waals surface area contributed by atoms with Crippen molar-refractivity contribution in [2.45, 2.75) is 18.2 Å². The summed E-state index contributed by atoms with van der Waals surface area (Å²) in [5.41, 5.74) is 1.43. The number of anilines is 1. The first kappa shape index (κ1) is 17.8. The van der Waals surface area contributed by atoms with E-state index in [0.717, 1.165) is 12.0 Å². The first-order chi connectivity index (χ1) is 11.4. The van der Waals surface area contributed by atoms with Gasteiger partial charge in [0.1, 0.15) is 5.75 Å². The van der Waals surface area contributed by atoms with E-state index in [2.05, 4.69) is 10.6 Å². The van der Waals surface area contributed by atoms with Gasteiger partial charge >= 0.3 is 6.03 Å². The van der Waals surface area contributed by atoms with Gasteiger partial charge in [0.2, 0.25) is 0 Å². The summed E-state index contributed by atoms with van der Waals surface area (Å²) < 4.78 is 36.3. The van der Waals surface area contributed by atoms with Gasteiger partial charge in [-0.3, -0.25) is 4.55 Å². The average Bonchev–Trinajstić information content (AvgIpc) is 2.55. The predicted octanol–water partition coefficient (Wildman–Crippen LogP) is 2.65. The Kier molecular flexibility index (Phi) is 5.78. The normalized spacial score (nSPS) is 10.9. The maximum atomic E-state index is 11.8. The average molecular weight is 350 g/mol. The van der Waals surface area contributed by atoms with Crippen molar-refractivity contribution in [1.29, 1.82) is 0 Å². The third kappa shape index (κ3) is 4.97. The molecular weight excluding hydrogens is 332 g/mol. The van der Waals surface area contributed by atoms with Crippen LogP contribution in [0.15, 0.2) is 53.4 Å². The number of ether oxygens (including phenoxy) is 1. The van der Waals surface area contributed by atoms with Crippen molar-refractivity contribution in [2.24, 2.45) is 0 Å². The standard InChI is InChI=1S/C16H18N2O5S/c1-2-12-5-3-4-6-15(12)23-11-17-16(19)18-13-7-9-14(10-8-13)24(20,21)22/h3-10H,2,11H2,1H3,(H2,17,18,19)(H,20,21,22). The Morgan fingerprint density at radius 1 is 1.12 bits per heavy atom. The van der Waals surface area contributed by atoms with Gasteiger partial charge in [-0.1, -0.05) is 25.1 Å². The quantitative estimate of drug-likeness (QED) is 0.549. The van der Waals surface area contributed by atoms with Gasteiger partial charge in [0, 0.05) is 5.69 Å². The molecule has 3 N–H and O–H groups in total. The summed E-state index contributed by atoms with van der Waals surface area (Å²) in [6.45, 7) is 2.00. The SMILES string of the molecule is CCc1ccccc1OCNC(=O)Nc1ccc(S(=O)(=O)O)cc1. The van der Waals surface area contributed by atoms with Crippen LogP contribution in [0.25, 0.3) is 0 Å². The highest BCUT2D eigenvalue weighted by atomic mass is 32.2. The third-order valence-electron chi connectivity index (χ3n) is 3.22. The molecule has 0 aliphatic rings. The topological polar surface area (TPSA) is 105 Å². The maximum Gasteiger partial charge on any atom is 0.321 e. The fourth-order valence-electron chi connectivity index (χ4n) is 2.00. The number of nitrogens with one attached hydrogen (secondary N) is 2. The fraction of sp³-hybridized carbons (Fsp3) is 0.188. The first-order valence-corrected chi connectivity index (χ1v) is 8.67. The zero-order chi connectivity index (χ0) is 17.6. The van der Waals surface area contributed by atoms with Crippen LogP contribution in [0, 0.1) is 0 Å². The minimum atomic E-state index is -4.25. The van der Waals surface area contributed by atoms with Crippen LogP contribution in [-0.2, 0) is 16.5 Å². The number of hydrogen-bond acceptors (Lipinski definition) is 4. The zero-order valence-corrected chi connectivity index (χ0v) is 13.8. The van der Waals surface area contributed by atoms with Crippen LogP contribution in [0.1, 0.15) is 12.5 Å². The van der Waals surface area contributed by atoms with Crippen LogP contribution in [0.5, 0.6) is 5.75 Å². The van der Waals surface area contributed by atoms with Crippen molar-refractivity contribution >= 4 is 21.8 Å². The molecule has 0 saturated carbocycles. The highest BCUT2D eigenvalue weighted by molar-refractivity contribution is 7.85. The molecule has 0 unspecified atom stereocenters. The van der Waals surface area contributed by atoms with Gasteiger partial charge < -0.3 is 15.4 Å². The number of para-hydroxylation sites is 1. The molecule has 24 heavy (non-hydrogen) atoms. The Morgan fingerprint density at radius 3 is 2.42 bits per heavy atom. The van der Waals surface area contributed by atoms with Gasteiger partial charge in [-0.25, -0.2) is 4.79 Å². The van der Waals surface area contributed by atoms with Crippen LogP contribution < -0.4 is 15.4 Å². The van der Waals surface area contributed by atoms with Crippen LogP contribution >= 0.6 is 0 Å². The molecule has 7 nitrogen and oxygen atoms in total. The molecule has 0 radical (unpaired) electrons. The highest BCUT2D eigenvalue weighted by Gasteiger charge is 2.09. The molecule has 128 valence electrons. The monoisotopic (exact) mass is 350 g/mol. The van der Waals surface area contributed by atoms with Crippen LogP contribution in [-0.4, -0.2) is 25.7 Å². The molecule has 0 bridgehead atoms. The molecule has 0 heterocycles. The first-order valence-electron chi connectivity index (χ1n) is 7.23. The van der Waals surface area contributed by atoms with E-state index in [0.29, 0.717) is 11.4 Å². The third-order valence-corrected chi connectivity index (χ3v) is 4.09. The fourth-order valence-corrected chi connectivity index (χ4v) is 2.48. The second kappa shape index (κ2) is 7.80. The molecule has 0 fully saturated rings. The van der Waals surface area contributed by atoms with Gasteiger partial charge in [0.25, 0.3) is 10.1 Å². The Bertz CT molecular complexity index is 803. The lowest BCUT2D eigenvalue weighted by atomic mass is 10.1. The molecule has 0 aromatic heterocycles. The summed E-state index contributed by atoms with van der Waals surface area (Å²) in [5.74, 6) is 0.706. The van der Waals surface area contributed by atoms with E-state index < -0.39 is 16.1 Å². The van der Waals surface area contributed by atoms with E-state index in [1.807, 2.05) is 31.2 Å². The molecule has 0 atom stereocenters. The molecule has 8 heteroatoms. The van der Waals surface area contributed by atoms with E-state index in [-0.39, 0.29) is 11.6 Å². The summed E-state index contributed by atoms with van der Waals surface area (Å²) >= 11 is 0. The summed E-state index contributed by atoms with van der Waals surface area (Å²) in [6, 6.07) is 12.2. The second-order valence-corrected chi connectivity index (χ2v) is 6.30. The van der Waals surface area contributed by atoms with Gasteiger partial charge in [-0.05, 0) is 42.3 Å². The molecule has 0 aliphatic heterocycles. The number of benzene rings is 2. The zero-order valence-electron chi connectivity index (χ0n) is 13.0. The van der Waals surface area contributed by atoms with Crippen molar-refractivity contribution in [3.63, 3.8) is 0 Å². The number of amides is 2. The van der Waals surface area contributed by atoms with Crippen molar-refractivity contribution in [1.82, 2.24) is 5.32 Å². The number of carbonyl (C=O) groups is 1. The van der Waals surface area contributed by atoms with E-state index in [4.69, 9.17) is 9.29 Å². The second-order valence-electron chi connectivity index (χ2n) is 4.88. The van der Waals surface area contributed by atoms with E-state index >= 15 is 0 Å². The number of aryl methyl sites for hydroxylation is 1. The lowest BCUT2D eigenvalue weighted by Crippen LogP contribution is -2.32. The lowest BCUT2D eigenvalue weighted by Gasteiger charge is -2.12. The van der Waals surface area contributed by atoms with Gasteiger partial charge in [0.15, 0.2) is 6.73 Å². The Morgan fingerprint density at radius 2 is 1.79 bits per heavy atom. The molecule has 2 aromatic carbocycles. The highest BCUT2D eigenvalue weighted by Crippen LogP contribution is 2.17. The molecule has 2 rings (SSSR count). The largest absolute Gasteiger partial charge is 0.473 e. The molecule has 0 spiro atoms. The smallest absolute Gasteiger partial charge is 0.321 e. The lowest BCUT2D eigenvalue weighted by molar-refractivity contribution is 0.234. The number of carbonyl (C=O) groups excluding carboxylic acids is 1. The van der Waals surface area contributed by atoms with E-state index in [9.17, 15) is 13.2 Å². The summed E-state index contributed by atoms with van der Waals surface area (Å²) in [4.78, 5) is 11.5. The summed E-state index contributed by atoms with van der Waals surface area (Å²) in [6.07, 6.45) is 0.822. The van der Waals surface area contributed by atoms with Crippen LogP contribution in [0.2, 0.25) is 0 Å². The Balaban J connectivity index is 1.85. The maximum absolute atomic E-state index is 11.8. The van der Waals surface area contributed by atoms with Crippen LogP contribution in [0.3, 0.4) is 0 Å². The minimum Gasteiger partial charge on any atom is -0.473 e. The van der Waals surface area contributed by atoms with Gasteiger partial charge in [-0.15, -0.1) is 0 Å². The number of urea groups is 1. The molecular formula is C16H18N2O5S. The molecule has 2 amide bonds. The van der Waals surface area contributed by atoms with E-state index in [1.54, 1.807) is 0 Å². The van der Waals surface area contributed by atoms with Crippen molar-refractivity contribution < 1.29 is 22.5 Å². The summed E-state index contributed by atoms with van der Waals surface area (Å²) in [7, 11) is -4.25. The molecule has 0 saturated heterocycles. The van der Waals surface area contributed by atoms with Crippen LogP contribution in [0.4, 0.5) is 10.5 Å². The number of rotatable bonds is 6. The van der Waals surface area contributed by atoms with Crippen molar-refractivity contribution in [3.8, 4) is 5.75 Å². The predicted molar refractivity (Wildman–Crippen MR) is 89.7 cm³/mol. The summed E-state index contributed by atoms with van der Waals surface area (Å²) in [5, 5.41) is 5.06. The van der Waals surface area contributed by atoms with Gasteiger partial charge in [0.05, 0.1) is 4.90 Å². The van der Waals surface area contributed by atoms with Crippen molar-refractivity contribution in [3.05, 3.63) is 54.1 Å². The van der Waals surface area contributed by atoms with Gasteiger partial charge in [-0.2, -0.15) is 8.42 Å². The minimum absolute atomic E-state index is 0.00799. The van der Waals surface area contributed by atoms with E-state index in [1.165, 1.54) is 24.3 Å². The molecule has 0 aliphatic carbocycles. The van der Waals surface area contributed by atoms with Crippen molar-refractivity contribution in [2.75, 3.05) is 12.0 Å².